The lowest BCUT2D eigenvalue weighted by atomic mass is 10.1. The van der Waals surface area contributed by atoms with Crippen LogP contribution >= 0.6 is 0 Å². The SMILES string of the molecule is COc1ccccc1CN1CC(c2noc(-c3ccco3)n2)CC1=O. The van der Waals surface area contributed by atoms with E-state index in [1.807, 2.05) is 24.3 Å². The van der Waals surface area contributed by atoms with E-state index in [2.05, 4.69) is 10.1 Å². The smallest absolute Gasteiger partial charge is 0.293 e. The second-order valence-corrected chi connectivity index (χ2v) is 5.92. The van der Waals surface area contributed by atoms with E-state index in [1.165, 1.54) is 0 Å². The molecule has 0 aliphatic carbocycles. The van der Waals surface area contributed by atoms with Crippen LogP contribution in [0.4, 0.5) is 0 Å². The van der Waals surface area contributed by atoms with Crippen LogP contribution in [0.1, 0.15) is 23.7 Å². The molecule has 3 aromatic rings. The highest BCUT2D eigenvalue weighted by molar-refractivity contribution is 5.79. The van der Waals surface area contributed by atoms with Crippen LogP contribution in [-0.4, -0.2) is 34.6 Å². The topological polar surface area (TPSA) is 81.6 Å². The van der Waals surface area contributed by atoms with Crippen LogP contribution in [-0.2, 0) is 11.3 Å². The van der Waals surface area contributed by atoms with E-state index < -0.39 is 0 Å². The van der Waals surface area contributed by atoms with E-state index in [9.17, 15) is 4.79 Å². The molecular formula is C18H17N3O4. The summed E-state index contributed by atoms with van der Waals surface area (Å²) in [6.07, 6.45) is 1.92. The number of nitrogens with zero attached hydrogens (tertiary/aromatic N) is 3. The summed E-state index contributed by atoms with van der Waals surface area (Å²) in [5, 5.41) is 4.01. The number of hydrogen-bond acceptors (Lipinski definition) is 6. The lowest BCUT2D eigenvalue weighted by Crippen LogP contribution is -2.24. The van der Waals surface area contributed by atoms with Gasteiger partial charge >= 0.3 is 0 Å². The normalized spacial score (nSPS) is 17.2. The zero-order valence-corrected chi connectivity index (χ0v) is 13.7. The third-order valence-corrected chi connectivity index (χ3v) is 4.31. The first-order valence-electron chi connectivity index (χ1n) is 8.01. The predicted molar refractivity (Wildman–Crippen MR) is 87.8 cm³/mol. The van der Waals surface area contributed by atoms with Crippen LogP contribution in [0, 0.1) is 0 Å². The zero-order chi connectivity index (χ0) is 17.2. The molecule has 25 heavy (non-hydrogen) atoms. The molecule has 1 unspecified atom stereocenters. The Hall–Kier alpha value is -3.09. The molecule has 0 saturated carbocycles. The highest BCUT2D eigenvalue weighted by atomic mass is 16.5. The summed E-state index contributed by atoms with van der Waals surface area (Å²) in [7, 11) is 1.63. The molecule has 1 aromatic carbocycles. The Bertz CT molecular complexity index is 872. The van der Waals surface area contributed by atoms with Crippen LogP contribution in [0.2, 0.25) is 0 Å². The number of methoxy groups -OCH3 is 1. The van der Waals surface area contributed by atoms with Gasteiger partial charge in [0.05, 0.1) is 13.4 Å². The van der Waals surface area contributed by atoms with Gasteiger partial charge in [-0.05, 0) is 18.2 Å². The van der Waals surface area contributed by atoms with Gasteiger partial charge in [0.25, 0.3) is 5.89 Å². The number of carbonyl (C=O) groups excluding carboxylic acids is 1. The first-order valence-corrected chi connectivity index (χ1v) is 8.01. The molecule has 1 saturated heterocycles. The van der Waals surface area contributed by atoms with E-state index >= 15 is 0 Å². The highest BCUT2D eigenvalue weighted by Crippen LogP contribution is 2.30. The first-order chi connectivity index (χ1) is 12.2. The Balaban J connectivity index is 1.49. The van der Waals surface area contributed by atoms with Gasteiger partial charge in [0.15, 0.2) is 11.6 Å². The number of carbonyl (C=O) groups is 1. The first kappa shape index (κ1) is 15.4. The van der Waals surface area contributed by atoms with Crippen LogP contribution in [0.25, 0.3) is 11.7 Å². The Morgan fingerprint density at radius 2 is 2.16 bits per heavy atom. The van der Waals surface area contributed by atoms with Crippen LogP contribution in [0.3, 0.4) is 0 Å². The summed E-state index contributed by atoms with van der Waals surface area (Å²) >= 11 is 0. The van der Waals surface area contributed by atoms with Gasteiger partial charge < -0.3 is 18.6 Å². The molecule has 1 amide bonds. The van der Waals surface area contributed by atoms with Gasteiger partial charge in [-0.2, -0.15) is 4.98 Å². The molecule has 3 heterocycles. The largest absolute Gasteiger partial charge is 0.496 e. The minimum atomic E-state index is -0.0883. The molecule has 1 aliphatic rings. The summed E-state index contributed by atoms with van der Waals surface area (Å²) < 4.78 is 15.9. The number of aromatic nitrogens is 2. The van der Waals surface area contributed by atoms with Crippen molar-refractivity contribution < 1.29 is 18.5 Å². The number of hydrogen-bond donors (Lipinski definition) is 0. The van der Waals surface area contributed by atoms with E-state index in [4.69, 9.17) is 13.7 Å². The van der Waals surface area contributed by atoms with Crippen molar-refractivity contribution in [1.29, 1.82) is 0 Å². The summed E-state index contributed by atoms with van der Waals surface area (Å²) in [5.74, 6) is 2.14. The molecule has 1 aliphatic heterocycles. The second-order valence-electron chi connectivity index (χ2n) is 5.92. The minimum Gasteiger partial charge on any atom is -0.496 e. The van der Waals surface area contributed by atoms with Crippen LogP contribution < -0.4 is 4.74 Å². The third kappa shape index (κ3) is 3.00. The fourth-order valence-corrected chi connectivity index (χ4v) is 3.04. The summed E-state index contributed by atoms with van der Waals surface area (Å²) in [4.78, 5) is 18.5. The monoisotopic (exact) mass is 339 g/mol. The molecule has 2 aromatic heterocycles. The Kier molecular flexibility index (Phi) is 3.97. The minimum absolute atomic E-state index is 0.0697. The standard InChI is InChI=1S/C18H17N3O4/c1-23-14-6-3-2-5-12(14)10-21-11-13(9-16(21)22)17-19-18(25-20-17)15-7-4-8-24-15/h2-8,13H,9-11H2,1H3. The third-order valence-electron chi connectivity index (χ3n) is 4.31. The average Bonchev–Trinajstić information content (AvgIpc) is 3.36. The van der Waals surface area contributed by atoms with Crippen molar-refractivity contribution >= 4 is 5.91 Å². The van der Waals surface area contributed by atoms with Crippen molar-refractivity contribution in [2.45, 2.75) is 18.9 Å². The second kappa shape index (κ2) is 6.43. The Morgan fingerprint density at radius 1 is 1.28 bits per heavy atom. The van der Waals surface area contributed by atoms with Gasteiger partial charge in [-0.15, -0.1) is 0 Å². The van der Waals surface area contributed by atoms with Crippen molar-refractivity contribution in [3.05, 3.63) is 54.0 Å². The fourth-order valence-electron chi connectivity index (χ4n) is 3.04. The summed E-state index contributed by atoms with van der Waals surface area (Å²) in [5.41, 5.74) is 0.975. The molecule has 0 spiro atoms. The summed E-state index contributed by atoms with van der Waals surface area (Å²) in [6.45, 7) is 1.05. The number of para-hydroxylation sites is 1. The van der Waals surface area contributed by atoms with Crippen LogP contribution in [0.5, 0.6) is 5.75 Å². The molecule has 0 bridgehead atoms. The van der Waals surface area contributed by atoms with E-state index in [-0.39, 0.29) is 11.8 Å². The summed E-state index contributed by atoms with van der Waals surface area (Å²) in [6, 6.07) is 11.2. The van der Waals surface area contributed by atoms with E-state index in [1.54, 1.807) is 30.4 Å². The number of furan rings is 1. The maximum absolute atomic E-state index is 12.4. The van der Waals surface area contributed by atoms with Gasteiger partial charge in [-0.1, -0.05) is 23.4 Å². The molecular weight excluding hydrogens is 322 g/mol. The van der Waals surface area contributed by atoms with Gasteiger partial charge in [-0.25, -0.2) is 0 Å². The maximum Gasteiger partial charge on any atom is 0.293 e. The molecule has 1 atom stereocenters. The molecule has 0 N–H and O–H groups in total. The molecule has 128 valence electrons. The zero-order valence-electron chi connectivity index (χ0n) is 13.7. The molecule has 7 nitrogen and oxygen atoms in total. The van der Waals surface area contributed by atoms with Crippen molar-refractivity contribution in [2.75, 3.05) is 13.7 Å². The maximum atomic E-state index is 12.4. The van der Waals surface area contributed by atoms with Crippen molar-refractivity contribution in [1.82, 2.24) is 15.0 Å². The van der Waals surface area contributed by atoms with Crippen molar-refractivity contribution in [2.24, 2.45) is 0 Å². The number of likely N-dealkylation sites (tertiary alicyclic amines) is 1. The Labute approximate surface area is 144 Å². The van der Waals surface area contributed by atoms with Gasteiger partial charge in [-0.3, -0.25) is 4.79 Å². The molecule has 4 rings (SSSR count). The van der Waals surface area contributed by atoms with Crippen LogP contribution in [0.15, 0.2) is 51.6 Å². The highest BCUT2D eigenvalue weighted by Gasteiger charge is 2.34. The molecule has 1 fully saturated rings. The van der Waals surface area contributed by atoms with Gasteiger partial charge in [0.2, 0.25) is 5.91 Å². The Morgan fingerprint density at radius 3 is 2.96 bits per heavy atom. The van der Waals surface area contributed by atoms with Gasteiger partial charge in [0.1, 0.15) is 5.75 Å². The number of amides is 1. The molecule has 0 radical (unpaired) electrons. The lowest BCUT2D eigenvalue weighted by Gasteiger charge is -2.17. The predicted octanol–water partition coefficient (Wildman–Crippen LogP) is 2.85. The van der Waals surface area contributed by atoms with Gasteiger partial charge in [0, 0.05) is 31.0 Å². The van der Waals surface area contributed by atoms with Crippen molar-refractivity contribution in [3.63, 3.8) is 0 Å². The van der Waals surface area contributed by atoms with E-state index in [0.717, 1.165) is 11.3 Å². The number of ether oxygens (including phenoxy) is 1. The quantitative estimate of drug-likeness (QED) is 0.711. The lowest BCUT2D eigenvalue weighted by molar-refractivity contribution is -0.128. The number of benzene rings is 1. The van der Waals surface area contributed by atoms with E-state index in [0.29, 0.717) is 37.0 Å². The fraction of sp³-hybridized carbons (Fsp3) is 0.278. The number of rotatable bonds is 5. The van der Waals surface area contributed by atoms with Crippen molar-refractivity contribution in [3.8, 4) is 17.4 Å². The average molecular weight is 339 g/mol. The molecule has 7 heteroatoms.